The summed E-state index contributed by atoms with van der Waals surface area (Å²) < 4.78 is 2.66. The third-order valence-electron chi connectivity index (χ3n) is 7.20. The third kappa shape index (κ3) is 6.42. The fourth-order valence-electron chi connectivity index (χ4n) is 5.52. The zero-order valence-electron chi connectivity index (χ0n) is 19.6. The van der Waals surface area contributed by atoms with Gasteiger partial charge in [-0.1, -0.05) is 141 Å². The number of rotatable bonds is 14. The molecule has 1 heterocycles. The molecule has 31 heavy (non-hydrogen) atoms. The highest BCUT2D eigenvalue weighted by molar-refractivity contribution is 9.11. The molecule has 3 rings (SSSR count). The Morgan fingerprint density at radius 3 is 1.84 bits per heavy atom. The summed E-state index contributed by atoms with van der Waals surface area (Å²) in [4.78, 5) is 0. The quantitative estimate of drug-likeness (QED) is 0.158. The van der Waals surface area contributed by atoms with Crippen molar-refractivity contribution in [3.8, 4) is 11.1 Å². The molecule has 170 valence electrons. The van der Waals surface area contributed by atoms with Crippen molar-refractivity contribution in [3.63, 3.8) is 0 Å². The van der Waals surface area contributed by atoms with Crippen molar-refractivity contribution in [1.82, 2.24) is 0 Å². The second-order valence-corrected chi connectivity index (χ2v) is 13.7. The number of fused-ring (bicyclic) bond motifs is 3. The average Bonchev–Trinajstić information content (AvgIpc) is 3.02. The molecular formula is C28H40Br2Si. The molecule has 0 N–H and O–H groups in total. The largest absolute Gasteiger partial charge is 0.0654 e. The number of hydrogen-bond acceptors (Lipinski definition) is 0. The van der Waals surface area contributed by atoms with Gasteiger partial charge < -0.3 is 0 Å². The summed E-state index contributed by atoms with van der Waals surface area (Å²) in [5, 5.41) is 1.78. The van der Waals surface area contributed by atoms with Crippen LogP contribution in [0.1, 0.15) is 114 Å². The van der Waals surface area contributed by atoms with Crippen LogP contribution in [0.25, 0.3) is 11.1 Å². The van der Waals surface area contributed by atoms with E-state index in [0.29, 0.717) is 0 Å². The van der Waals surface area contributed by atoms with Crippen molar-refractivity contribution in [1.29, 1.82) is 0 Å². The molecule has 0 radical (unpaired) electrons. The van der Waals surface area contributed by atoms with E-state index in [1.807, 2.05) is 0 Å². The van der Waals surface area contributed by atoms with Crippen LogP contribution in [0.4, 0.5) is 0 Å². The Hall–Kier alpha value is -0.253. The molecule has 0 unspecified atom stereocenters. The van der Waals surface area contributed by atoms with Gasteiger partial charge in [-0.25, -0.2) is 0 Å². The monoisotopic (exact) mass is 562 g/mol. The Bertz CT molecular complexity index is 760. The van der Waals surface area contributed by atoms with Crippen LogP contribution >= 0.6 is 31.9 Å². The van der Waals surface area contributed by atoms with Crippen molar-refractivity contribution in [2.45, 2.75) is 109 Å². The second kappa shape index (κ2) is 12.8. The van der Waals surface area contributed by atoms with Gasteiger partial charge in [0.05, 0.1) is 0 Å². The molecule has 1 aromatic carbocycles. The van der Waals surface area contributed by atoms with Gasteiger partial charge in [0.2, 0.25) is 0 Å². The summed E-state index contributed by atoms with van der Waals surface area (Å²) in [6.45, 7) is 4.62. The number of hydrogen-bond donors (Lipinski definition) is 0. The predicted molar refractivity (Wildman–Crippen MR) is 147 cm³/mol. The standard InChI is InChI=1S/C28H40Br2Si/c1-3-5-7-9-11-13-19-28(20-14-12-10-8-6-4-2)25-21-22(29)15-16-23(25)24-17-18-26(30)31-27(24)28/h15-18,21,31H,3-14,19-20H2,1-2H3. The maximum atomic E-state index is 3.88. The maximum Gasteiger partial charge on any atom is 0.0443 e. The Morgan fingerprint density at radius 2 is 1.23 bits per heavy atom. The Morgan fingerprint density at radius 1 is 0.677 bits per heavy atom. The van der Waals surface area contributed by atoms with Crippen molar-refractivity contribution in [3.05, 3.63) is 49.6 Å². The van der Waals surface area contributed by atoms with Crippen LogP contribution in [0.3, 0.4) is 0 Å². The molecule has 0 saturated heterocycles. The Balaban J connectivity index is 1.85. The topological polar surface area (TPSA) is 0 Å². The molecule has 0 aliphatic heterocycles. The predicted octanol–water partition coefficient (Wildman–Crippen LogP) is 10.0. The molecule has 0 bridgehead atoms. The number of halogens is 2. The minimum atomic E-state index is 0.193. The molecule has 0 fully saturated rings. The van der Waals surface area contributed by atoms with Crippen molar-refractivity contribution >= 4 is 41.0 Å². The van der Waals surface area contributed by atoms with Gasteiger partial charge in [-0.3, -0.25) is 0 Å². The summed E-state index contributed by atoms with van der Waals surface area (Å²) in [7, 11) is 0.193. The van der Waals surface area contributed by atoms with E-state index in [1.54, 1.807) is 16.3 Å². The molecule has 1 aliphatic carbocycles. The van der Waals surface area contributed by atoms with Gasteiger partial charge in [-0.15, -0.1) is 0 Å². The minimum Gasteiger partial charge on any atom is -0.0654 e. The van der Waals surface area contributed by atoms with E-state index in [-0.39, 0.29) is 14.5 Å². The fourth-order valence-corrected chi connectivity index (χ4v) is 8.29. The molecular weight excluding hydrogens is 524 g/mol. The van der Waals surface area contributed by atoms with Crippen LogP contribution in [0, 0.1) is 0 Å². The maximum absolute atomic E-state index is 3.88. The highest BCUT2D eigenvalue weighted by atomic mass is 79.9. The lowest BCUT2D eigenvalue weighted by atomic mass is 9.73. The van der Waals surface area contributed by atoms with E-state index < -0.39 is 0 Å². The summed E-state index contributed by atoms with van der Waals surface area (Å²) in [6.07, 6.45) is 19.2. The summed E-state index contributed by atoms with van der Waals surface area (Å²) >= 11 is 7.68. The van der Waals surface area contributed by atoms with Crippen LogP contribution in [0.2, 0.25) is 0 Å². The van der Waals surface area contributed by atoms with E-state index in [9.17, 15) is 0 Å². The lowest BCUT2D eigenvalue weighted by Crippen LogP contribution is -2.27. The van der Waals surface area contributed by atoms with E-state index >= 15 is 0 Å². The molecule has 0 saturated carbocycles. The smallest absolute Gasteiger partial charge is 0.0443 e. The molecule has 0 atom stereocenters. The number of unbranched alkanes of at least 4 members (excludes halogenated alkanes) is 10. The SMILES string of the molecule is CCCCCCCCC1(CCCCCCCC)c2cc(Br)ccc2-c2ccc(Br)[siH]c21. The molecule has 2 aromatic rings. The highest BCUT2D eigenvalue weighted by Gasteiger charge is 2.42. The van der Waals surface area contributed by atoms with Gasteiger partial charge in [0.25, 0.3) is 0 Å². The fraction of sp³-hybridized carbons (Fsp3) is 0.607. The molecule has 1 aromatic heterocycles. The van der Waals surface area contributed by atoms with Crippen LogP contribution < -0.4 is 0 Å². The zero-order chi connectivity index (χ0) is 22.1. The highest BCUT2D eigenvalue weighted by Crippen LogP contribution is 2.54. The molecule has 1 aliphatic rings. The molecule has 0 amide bonds. The first-order chi connectivity index (χ1) is 15.1. The van der Waals surface area contributed by atoms with Crippen molar-refractivity contribution in [2.75, 3.05) is 0 Å². The molecule has 0 nitrogen and oxygen atoms in total. The normalized spacial score (nSPS) is 13.9. The van der Waals surface area contributed by atoms with Gasteiger partial charge in [0.1, 0.15) is 0 Å². The Kier molecular flexibility index (Phi) is 10.5. The lowest BCUT2D eigenvalue weighted by Gasteiger charge is -2.33. The second-order valence-electron chi connectivity index (χ2n) is 9.50. The first-order valence-corrected chi connectivity index (χ1v) is 15.5. The van der Waals surface area contributed by atoms with Gasteiger partial charge in [-0.2, -0.15) is 0 Å². The van der Waals surface area contributed by atoms with Crippen molar-refractivity contribution in [2.24, 2.45) is 0 Å². The van der Waals surface area contributed by atoms with Crippen LogP contribution in [0.5, 0.6) is 0 Å². The van der Waals surface area contributed by atoms with Crippen LogP contribution in [0.15, 0.2) is 38.9 Å². The first kappa shape index (κ1) is 25.4. The van der Waals surface area contributed by atoms with E-state index in [1.165, 1.54) is 104 Å². The van der Waals surface area contributed by atoms with Crippen LogP contribution in [-0.2, 0) is 5.41 Å². The molecule has 3 heteroatoms. The Labute approximate surface area is 210 Å². The number of benzene rings is 1. The van der Waals surface area contributed by atoms with Gasteiger partial charge in [0.15, 0.2) is 0 Å². The van der Waals surface area contributed by atoms with Crippen molar-refractivity contribution < 1.29 is 0 Å². The molecule has 0 spiro atoms. The van der Waals surface area contributed by atoms with E-state index in [2.05, 4.69) is 76.0 Å². The minimum absolute atomic E-state index is 0.193. The summed E-state index contributed by atoms with van der Waals surface area (Å²) in [6, 6.07) is 11.8. The van der Waals surface area contributed by atoms with E-state index in [0.717, 1.165) is 0 Å². The zero-order valence-corrected chi connectivity index (χ0v) is 23.9. The van der Waals surface area contributed by atoms with E-state index in [4.69, 9.17) is 0 Å². The van der Waals surface area contributed by atoms with Gasteiger partial charge >= 0.3 is 0 Å². The van der Waals surface area contributed by atoms with Gasteiger partial charge in [-0.05, 0) is 50.9 Å². The third-order valence-corrected chi connectivity index (χ3v) is 10.3. The summed E-state index contributed by atoms with van der Waals surface area (Å²) in [5.41, 5.74) is 4.95. The van der Waals surface area contributed by atoms with Gasteiger partial charge in [0, 0.05) is 19.0 Å². The van der Waals surface area contributed by atoms with Crippen LogP contribution in [-0.4, -0.2) is 9.12 Å². The lowest BCUT2D eigenvalue weighted by molar-refractivity contribution is 0.402. The first-order valence-electron chi connectivity index (χ1n) is 12.7. The average molecular weight is 565 g/mol. The summed E-state index contributed by atoms with van der Waals surface area (Å²) in [5.74, 6) is 0.